The van der Waals surface area contributed by atoms with Crippen LogP contribution < -0.4 is 19.6 Å². The molecule has 0 saturated carbocycles. The Morgan fingerprint density at radius 1 is 1.03 bits per heavy atom. The summed E-state index contributed by atoms with van der Waals surface area (Å²) in [6, 6.07) is 17.3. The molecule has 0 aromatic heterocycles. The predicted octanol–water partition coefficient (Wildman–Crippen LogP) is 5.42. The third-order valence-electron chi connectivity index (χ3n) is 5.12. The average Bonchev–Trinajstić information content (AvgIpc) is 2.87. The van der Waals surface area contributed by atoms with Gasteiger partial charge in [0.05, 0.1) is 35.4 Å². The topological polar surface area (TPSA) is 132 Å². The zero-order chi connectivity index (χ0) is 26.0. The maximum Gasteiger partial charge on any atom is 0.295 e. The number of benzene rings is 3. The number of hydrazone groups is 1. The van der Waals surface area contributed by atoms with E-state index in [1.54, 1.807) is 18.2 Å². The molecule has 10 nitrogen and oxygen atoms in total. The summed E-state index contributed by atoms with van der Waals surface area (Å²) in [5, 5.41) is 15.7. The van der Waals surface area contributed by atoms with Crippen LogP contribution in [0.3, 0.4) is 0 Å². The van der Waals surface area contributed by atoms with Crippen LogP contribution in [0.1, 0.15) is 31.7 Å². The first-order valence-corrected chi connectivity index (χ1v) is 12.8. The second-order valence-electron chi connectivity index (χ2n) is 7.74. The number of nitrogens with zero attached hydrogens (tertiary/aromatic N) is 2. The first-order chi connectivity index (χ1) is 17.3. The van der Waals surface area contributed by atoms with Crippen molar-refractivity contribution in [1.29, 1.82) is 0 Å². The van der Waals surface area contributed by atoms with Gasteiger partial charge in [-0.1, -0.05) is 31.9 Å². The van der Waals surface area contributed by atoms with Gasteiger partial charge in [-0.3, -0.25) is 20.3 Å². The molecule has 0 saturated heterocycles. The van der Waals surface area contributed by atoms with Crippen LogP contribution in [0.5, 0.6) is 11.5 Å². The van der Waals surface area contributed by atoms with E-state index in [0.717, 1.165) is 36.6 Å². The summed E-state index contributed by atoms with van der Waals surface area (Å²) in [5.41, 5.74) is 3.19. The van der Waals surface area contributed by atoms with E-state index in [0.29, 0.717) is 12.4 Å². The molecule has 2 N–H and O–H groups in total. The highest BCUT2D eigenvalue weighted by Gasteiger charge is 2.22. The fourth-order valence-electron chi connectivity index (χ4n) is 3.23. The second-order valence-corrected chi connectivity index (χ2v) is 9.42. The van der Waals surface area contributed by atoms with Crippen molar-refractivity contribution in [1.82, 2.24) is 0 Å². The minimum Gasteiger partial charge on any atom is -0.495 e. The molecule has 0 bridgehead atoms. The molecule has 0 fully saturated rings. The summed E-state index contributed by atoms with van der Waals surface area (Å²) in [7, 11) is -2.70. The third-order valence-corrected chi connectivity index (χ3v) is 6.49. The summed E-state index contributed by atoms with van der Waals surface area (Å²) in [5.74, 6) is 1.07. The molecule has 0 aliphatic heterocycles. The van der Waals surface area contributed by atoms with E-state index in [2.05, 4.69) is 22.2 Å². The van der Waals surface area contributed by atoms with Crippen molar-refractivity contribution in [3.8, 4) is 11.5 Å². The maximum absolute atomic E-state index is 12.8. The van der Waals surface area contributed by atoms with Crippen LogP contribution in [0.2, 0.25) is 0 Å². The largest absolute Gasteiger partial charge is 0.495 e. The van der Waals surface area contributed by atoms with Crippen LogP contribution in [-0.2, 0) is 10.0 Å². The van der Waals surface area contributed by atoms with Crippen molar-refractivity contribution in [2.75, 3.05) is 23.9 Å². The molecule has 0 atom stereocenters. The second kappa shape index (κ2) is 12.5. The highest BCUT2D eigenvalue weighted by atomic mass is 32.2. The van der Waals surface area contributed by atoms with Gasteiger partial charge >= 0.3 is 0 Å². The Hall–Kier alpha value is -4.12. The van der Waals surface area contributed by atoms with Crippen molar-refractivity contribution in [2.45, 2.75) is 31.1 Å². The summed E-state index contributed by atoms with van der Waals surface area (Å²) in [6.07, 6.45) is 4.74. The van der Waals surface area contributed by atoms with Gasteiger partial charge in [-0.25, -0.2) is 8.42 Å². The van der Waals surface area contributed by atoms with E-state index in [1.807, 2.05) is 24.3 Å². The third kappa shape index (κ3) is 7.19. The lowest BCUT2D eigenvalue weighted by molar-refractivity contribution is -0.384. The molecule has 0 amide bonds. The Morgan fingerprint density at radius 3 is 2.47 bits per heavy atom. The molecule has 11 heteroatoms. The van der Waals surface area contributed by atoms with Crippen LogP contribution in [-0.4, -0.2) is 33.3 Å². The Balaban J connectivity index is 1.71. The molecule has 36 heavy (non-hydrogen) atoms. The van der Waals surface area contributed by atoms with Gasteiger partial charge in [-0.15, -0.1) is 0 Å². The summed E-state index contributed by atoms with van der Waals surface area (Å²) >= 11 is 0. The number of anilines is 2. The van der Waals surface area contributed by atoms with E-state index in [9.17, 15) is 18.5 Å². The summed E-state index contributed by atoms with van der Waals surface area (Å²) in [4.78, 5) is 10.7. The SMILES string of the molecule is CCCCCOc1ccc(/C=N/Nc2ccc(S(=O)(=O)Nc3ccccc3OC)cc2[N+](=O)[O-])cc1. The normalized spacial score (nSPS) is 11.3. The fourth-order valence-corrected chi connectivity index (χ4v) is 4.32. The molecule has 0 aliphatic rings. The number of ether oxygens (including phenoxy) is 2. The van der Waals surface area contributed by atoms with Gasteiger partial charge in [-0.2, -0.15) is 5.10 Å². The molecule has 190 valence electrons. The molecular weight excluding hydrogens is 484 g/mol. The van der Waals surface area contributed by atoms with E-state index < -0.39 is 20.6 Å². The quantitative estimate of drug-likeness (QED) is 0.135. The van der Waals surface area contributed by atoms with E-state index >= 15 is 0 Å². The summed E-state index contributed by atoms with van der Waals surface area (Å²) < 4.78 is 38.9. The molecule has 0 aliphatic carbocycles. The molecule has 0 spiro atoms. The number of nitro benzene ring substituents is 1. The van der Waals surface area contributed by atoms with Gasteiger partial charge < -0.3 is 9.47 Å². The average molecular weight is 513 g/mol. The molecule has 3 aromatic rings. The Labute approximate surface area is 210 Å². The van der Waals surface area contributed by atoms with Crippen LogP contribution in [0.4, 0.5) is 17.1 Å². The van der Waals surface area contributed by atoms with Gasteiger partial charge in [0.1, 0.15) is 17.2 Å². The number of hydrogen-bond acceptors (Lipinski definition) is 8. The van der Waals surface area contributed by atoms with Crippen LogP contribution in [0.25, 0.3) is 0 Å². The highest BCUT2D eigenvalue weighted by molar-refractivity contribution is 7.92. The Bertz CT molecular complexity index is 1310. The minimum atomic E-state index is -4.11. The molecule has 0 heterocycles. The van der Waals surface area contributed by atoms with Crippen LogP contribution in [0.15, 0.2) is 76.7 Å². The van der Waals surface area contributed by atoms with Gasteiger partial charge in [0.25, 0.3) is 15.7 Å². The zero-order valence-corrected chi connectivity index (χ0v) is 20.8. The van der Waals surface area contributed by atoms with Crippen molar-refractivity contribution in [2.24, 2.45) is 5.10 Å². The van der Waals surface area contributed by atoms with Crippen molar-refractivity contribution in [3.05, 3.63) is 82.4 Å². The lowest BCUT2D eigenvalue weighted by Gasteiger charge is -2.12. The number of nitrogens with one attached hydrogen (secondary N) is 2. The summed E-state index contributed by atoms with van der Waals surface area (Å²) in [6.45, 7) is 2.79. The molecular formula is C25H28N4O6S. The smallest absolute Gasteiger partial charge is 0.295 e. The number of unbranched alkanes of at least 4 members (excludes halogenated alkanes) is 2. The minimum absolute atomic E-state index is 0.0448. The lowest BCUT2D eigenvalue weighted by Crippen LogP contribution is -2.14. The first kappa shape index (κ1) is 26.5. The lowest BCUT2D eigenvalue weighted by atomic mass is 10.2. The van der Waals surface area contributed by atoms with Crippen molar-refractivity contribution in [3.63, 3.8) is 0 Å². The molecule has 3 rings (SSSR count). The van der Waals surface area contributed by atoms with Gasteiger partial charge in [0.2, 0.25) is 0 Å². The number of para-hydroxylation sites is 2. The van der Waals surface area contributed by atoms with Gasteiger partial charge in [0.15, 0.2) is 0 Å². The monoisotopic (exact) mass is 512 g/mol. The Kier molecular flexibility index (Phi) is 9.23. The van der Waals surface area contributed by atoms with Gasteiger partial charge in [0, 0.05) is 6.07 Å². The molecule has 0 radical (unpaired) electrons. The first-order valence-electron chi connectivity index (χ1n) is 11.3. The predicted molar refractivity (Wildman–Crippen MR) is 140 cm³/mol. The zero-order valence-electron chi connectivity index (χ0n) is 20.0. The van der Waals surface area contributed by atoms with Crippen molar-refractivity contribution >= 4 is 33.3 Å². The Morgan fingerprint density at radius 2 is 1.78 bits per heavy atom. The number of methoxy groups -OCH3 is 1. The molecule has 3 aromatic carbocycles. The number of hydrogen-bond donors (Lipinski definition) is 2. The van der Waals surface area contributed by atoms with E-state index in [-0.39, 0.29) is 16.3 Å². The van der Waals surface area contributed by atoms with Gasteiger partial charge in [-0.05, 0) is 60.5 Å². The number of rotatable bonds is 13. The standard InChI is InChI=1S/C25H28N4O6S/c1-3-4-7-16-35-20-12-10-19(11-13-20)18-26-27-22-15-14-21(17-24(22)29(30)31)36(32,33)28-23-8-5-6-9-25(23)34-2/h5-6,8-15,17-18,27-28H,3-4,7,16H2,1-2H3/b26-18+. The van der Waals surface area contributed by atoms with E-state index in [4.69, 9.17) is 9.47 Å². The van der Waals surface area contributed by atoms with Crippen LogP contribution >= 0.6 is 0 Å². The van der Waals surface area contributed by atoms with Crippen LogP contribution in [0, 0.1) is 10.1 Å². The highest BCUT2D eigenvalue weighted by Crippen LogP contribution is 2.30. The van der Waals surface area contributed by atoms with E-state index in [1.165, 1.54) is 31.5 Å². The van der Waals surface area contributed by atoms with Crippen molar-refractivity contribution < 1.29 is 22.8 Å². The number of sulfonamides is 1. The fraction of sp³-hybridized carbons (Fsp3) is 0.240. The maximum atomic E-state index is 12.8. The number of nitro groups is 1. The molecule has 0 unspecified atom stereocenters.